The number of benzene rings is 3. The first-order valence-corrected chi connectivity index (χ1v) is 20.9. The molecule has 2 aliphatic heterocycles. The second kappa shape index (κ2) is 19.3. The van der Waals surface area contributed by atoms with E-state index < -0.39 is 29.9 Å². The van der Waals surface area contributed by atoms with E-state index in [9.17, 15) is 25.0 Å². The fourth-order valence-corrected chi connectivity index (χ4v) is 9.54. The van der Waals surface area contributed by atoms with Gasteiger partial charge in [0.2, 0.25) is 12.1 Å². The van der Waals surface area contributed by atoms with Gasteiger partial charge in [0.1, 0.15) is 23.4 Å². The highest BCUT2D eigenvalue weighted by atomic mass is 19.1. The molecule has 11 nitrogen and oxygen atoms in total. The number of phenolic OH excluding ortho intramolecular Hbond substituents is 1. The molecular formula is C47H54FN3O8. The molecule has 7 rings (SSSR count). The Bertz CT molecular complexity index is 2030. The standard InChI is InChI=1S/C47H54FN3O8/c1-2-24-57-47-42(51(30-32-14-18-35(48)19-15-32)46(55)33-16-12-31(29-49)13-17-33)28-40(50-59-43-11-5-8-25-56-43)38-26-34(9-3-6-22-52)37(10-4-7-23-53)44(45(38)47)39-27-36(54)20-21-41(39)58-47/h2,12-21,26-27,34,37,42-45,52-54H,1,3-11,22-25,28,30H2/t34-,37+,42-,43?,44+,45+,47+/m0/s1. The zero-order valence-corrected chi connectivity index (χ0v) is 33.4. The zero-order valence-electron chi connectivity index (χ0n) is 33.4. The summed E-state index contributed by atoms with van der Waals surface area (Å²) in [7, 11) is 0. The van der Waals surface area contributed by atoms with Crippen LogP contribution in [0.15, 0.2) is 96.2 Å². The van der Waals surface area contributed by atoms with Crippen molar-refractivity contribution in [2.45, 2.75) is 94.8 Å². The largest absolute Gasteiger partial charge is 0.508 e. The normalized spacial score (nSPS) is 26.4. The van der Waals surface area contributed by atoms with Crippen LogP contribution in [0.1, 0.15) is 97.2 Å². The monoisotopic (exact) mass is 807 g/mol. The third-order valence-corrected chi connectivity index (χ3v) is 12.2. The van der Waals surface area contributed by atoms with E-state index in [0.29, 0.717) is 54.0 Å². The lowest BCUT2D eigenvalue weighted by atomic mass is 9.55. The minimum absolute atomic E-state index is 0.0187. The van der Waals surface area contributed by atoms with E-state index in [0.717, 1.165) is 49.7 Å². The van der Waals surface area contributed by atoms with Crippen LogP contribution in [0.5, 0.6) is 11.5 Å². The fourth-order valence-electron chi connectivity index (χ4n) is 9.54. The van der Waals surface area contributed by atoms with Gasteiger partial charge >= 0.3 is 0 Å². The topological polar surface area (TPSA) is 154 Å². The van der Waals surface area contributed by atoms with Crippen LogP contribution in [-0.2, 0) is 20.9 Å². The number of aromatic hydroxyl groups is 1. The van der Waals surface area contributed by atoms with Crippen LogP contribution in [0.25, 0.3) is 0 Å². The van der Waals surface area contributed by atoms with E-state index in [2.05, 4.69) is 18.7 Å². The van der Waals surface area contributed by atoms with Gasteiger partial charge in [0.05, 0.1) is 36.5 Å². The van der Waals surface area contributed by atoms with Gasteiger partial charge in [-0.05, 0) is 116 Å². The Kier molecular flexibility index (Phi) is 13.8. The van der Waals surface area contributed by atoms with E-state index in [1.165, 1.54) is 12.1 Å². The van der Waals surface area contributed by atoms with Gasteiger partial charge in [-0.2, -0.15) is 5.26 Å². The summed E-state index contributed by atoms with van der Waals surface area (Å²) in [5.74, 6) is -2.60. The smallest absolute Gasteiger partial charge is 0.254 e. The second-order valence-electron chi connectivity index (χ2n) is 15.9. The molecule has 1 saturated carbocycles. The van der Waals surface area contributed by atoms with Crippen LogP contribution < -0.4 is 4.74 Å². The van der Waals surface area contributed by atoms with Crippen LogP contribution >= 0.6 is 0 Å². The molecule has 1 amide bonds. The summed E-state index contributed by atoms with van der Waals surface area (Å²) in [5, 5.41) is 45.2. The van der Waals surface area contributed by atoms with Crippen molar-refractivity contribution < 1.29 is 43.6 Å². The van der Waals surface area contributed by atoms with Crippen LogP contribution in [0.2, 0.25) is 0 Å². The number of fused-ring (bicyclic) bond motifs is 2. The number of allylic oxidation sites excluding steroid dienone is 1. The fraction of sp³-hybridized carbons (Fsp3) is 0.468. The molecule has 3 aromatic carbocycles. The molecule has 0 aromatic heterocycles. The van der Waals surface area contributed by atoms with Crippen molar-refractivity contribution in [2.24, 2.45) is 22.9 Å². The minimum atomic E-state index is -1.54. The first kappa shape index (κ1) is 42.1. The quantitative estimate of drug-likeness (QED) is 0.0702. The van der Waals surface area contributed by atoms with Crippen LogP contribution in [0.4, 0.5) is 4.39 Å². The summed E-state index contributed by atoms with van der Waals surface area (Å²) in [4.78, 5) is 23.1. The number of carbonyl (C=O) groups is 1. The highest BCUT2D eigenvalue weighted by Crippen LogP contribution is 2.62. The van der Waals surface area contributed by atoms with Crippen molar-refractivity contribution in [1.29, 1.82) is 5.26 Å². The summed E-state index contributed by atoms with van der Waals surface area (Å²) in [6, 6.07) is 18.8. The lowest BCUT2D eigenvalue weighted by Crippen LogP contribution is -2.70. The van der Waals surface area contributed by atoms with E-state index in [-0.39, 0.29) is 62.2 Å². The molecule has 2 aliphatic carbocycles. The molecule has 1 unspecified atom stereocenters. The Balaban J connectivity index is 1.47. The summed E-state index contributed by atoms with van der Waals surface area (Å²) in [6.07, 6.45) is 10.4. The molecule has 312 valence electrons. The number of aliphatic hydroxyl groups is 2. The third-order valence-electron chi connectivity index (χ3n) is 12.2. The molecule has 0 radical (unpaired) electrons. The van der Waals surface area contributed by atoms with Crippen molar-refractivity contribution in [3.05, 3.63) is 119 Å². The van der Waals surface area contributed by atoms with E-state index in [1.54, 1.807) is 65.6 Å². The molecule has 1 saturated heterocycles. The number of unbranched alkanes of at least 4 members (excludes halogenated alkanes) is 2. The number of ether oxygens (including phenoxy) is 3. The average molecular weight is 808 g/mol. The lowest BCUT2D eigenvalue weighted by Gasteiger charge is -2.60. The average Bonchev–Trinajstić information content (AvgIpc) is 3.26. The van der Waals surface area contributed by atoms with Gasteiger partial charge in [-0.15, -0.1) is 6.58 Å². The second-order valence-corrected chi connectivity index (χ2v) is 15.9. The highest BCUT2D eigenvalue weighted by Gasteiger charge is 2.65. The predicted octanol–water partition coefficient (Wildman–Crippen LogP) is 7.91. The first-order valence-electron chi connectivity index (χ1n) is 20.9. The maximum absolute atomic E-state index is 15.1. The predicted molar refractivity (Wildman–Crippen MR) is 219 cm³/mol. The zero-order chi connectivity index (χ0) is 41.4. The van der Waals surface area contributed by atoms with Crippen LogP contribution in [0, 0.1) is 34.9 Å². The van der Waals surface area contributed by atoms with Crippen LogP contribution in [-0.4, -0.2) is 76.4 Å². The molecule has 59 heavy (non-hydrogen) atoms. The molecule has 3 aromatic rings. The Labute approximate surface area is 345 Å². The molecule has 3 N–H and O–H groups in total. The number of aliphatic hydroxyl groups excluding tert-OH is 2. The summed E-state index contributed by atoms with van der Waals surface area (Å²) < 4.78 is 34.5. The molecule has 0 spiro atoms. The maximum atomic E-state index is 15.1. The number of hydrogen-bond acceptors (Lipinski definition) is 10. The maximum Gasteiger partial charge on any atom is 0.254 e. The summed E-state index contributed by atoms with van der Waals surface area (Å²) >= 11 is 0. The minimum Gasteiger partial charge on any atom is -0.508 e. The van der Waals surface area contributed by atoms with Gasteiger partial charge in [0.15, 0.2) is 0 Å². The van der Waals surface area contributed by atoms with Crippen molar-refractivity contribution in [3.63, 3.8) is 0 Å². The van der Waals surface area contributed by atoms with Crippen LogP contribution in [0.3, 0.4) is 0 Å². The number of hydrogen-bond donors (Lipinski definition) is 3. The Hall–Kier alpha value is -5.06. The van der Waals surface area contributed by atoms with Gasteiger partial charge < -0.3 is 39.3 Å². The Morgan fingerprint density at radius 2 is 1.80 bits per heavy atom. The molecule has 12 heteroatoms. The molecule has 2 fully saturated rings. The molecule has 4 aliphatic rings. The summed E-state index contributed by atoms with van der Waals surface area (Å²) in [6.45, 7) is 4.81. The Morgan fingerprint density at radius 3 is 2.49 bits per heavy atom. The molecule has 0 bridgehead atoms. The molecule has 7 atom stereocenters. The molecular weight excluding hydrogens is 754 g/mol. The first-order chi connectivity index (χ1) is 28.8. The van der Waals surface area contributed by atoms with Crippen molar-refractivity contribution in [2.75, 3.05) is 26.4 Å². The number of oxime groups is 1. The van der Waals surface area contributed by atoms with Gasteiger partial charge in [-0.3, -0.25) is 4.79 Å². The number of nitriles is 1. The van der Waals surface area contributed by atoms with E-state index in [4.69, 9.17) is 24.2 Å². The lowest BCUT2D eigenvalue weighted by molar-refractivity contribution is -0.255. The molecule has 2 heterocycles. The van der Waals surface area contributed by atoms with Gasteiger partial charge in [-0.25, -0.2) is 4.39 Å². The van der Waals surface area contributed by atoms with Gasteiger partial charge in [0, 0.05) is 49.6 Å². The number of rotatable bonds is 17. The van der Waals surface area contributed by atoms with Gasteiger partial charge in [0.25, 0.3) is 5.91 Å². The van der Waals surface area contributed by atoms with Crippen molar-refractivity contribution >= 4 is 11.6 Å². The number of nitrogens with zero attached hydrogens (tertiary/aromatic N) is 3. The SMILES string of the molecule is C=CCO[C@@]12Oc3ccc(O)cc3[C@H]3[C@H](CCCCO)[C@@H](CCCCO)C=C(C(=NOC4CCCCO4)C[C@@H]1N(Cc1ccc(F)cc1)C(=O)c1ccc(C#N)cc1)[C@H]32. The van der Waals surface area contributed by atoms with E-state index in [1.807, 2.05) is 0 Å². The number of halogens is 1. The van der Waals surface area contributed by atoms with Crippen molar-refractivity contribution in [1.82, 2.24) is 4.90 Å². The van der Waals surface area contributed by atoms with Gasteiger partial charge in [-0.1, -0.05) is 42.3 Å². The van der Waals surface area contributed by atoms with E-state index >= 15 is 4.79 Å². The highest BCUT2D eigenvalue weighted by molar-refractivity contribution is 6.03. The third kappa shape index (κ3) is 9.09. The van der Waals surface area contributed by atoms with Crippen molar-refractivity contribution in [3.8, 4) is 17.6 Å². The number of phenols is 1. The Morgan fingerprint density at radius 1 is 1.03 bits per heavy atom. The number of amides is 1. The number of carbonyl (C=O) groups excluding carboxylic acids is 1. The summed E-state index contributed by atoms with van der Waals surface area (Å²) in [5.41, 5.74) is 3.69.